The van der Waals surface area contributed by atoms with E-state index in [9.17, 15) is 19.7 Å². The molecule has 0 bridgehead atoms. The molecule has 0 aliphatic rings. The van der Waals surface area contributed by atoms with Crippen molar-refractivity contribution in [2.75, 3.05) is 11.9 Å². The zero-order valence-electron chi connectivity index (χ0n) is 18.1. The van der Waals surface area contributed by atoms with Crippen LogP contribution in [0.15, 0.2) is 71.8 Å². The molecule has 0 aliphatic carbocycles. The van der Waals surface area contributed by atoms with E-state index < -0.39 is 10.8 Å². The number of nitro groups is 1. The highest BCUT2D eigenvalue weighted by Gasteiger charge is 2.08. The molecule has 0 saturated carbocycles. The molecule has 0 aliphatic heterocycles. The summed E-state index contributed by atoms with van der Waals surface area (Å²) >= 11 is 0. The molecule has 0 aromatic heterocycles. The number of nitrogens with one attached hydrogen (secondary N) is 2. The van der Waals surface area contributed by atoms with Crippen molar-refractivity contribution in [2.24, 2.45) is 5.10 Å². The molecular weight excluding hydrogens is 424 g/mol. The first-order valence-corrected chi connectivity index (χ1v) is 9.99. The number of benzene rings is 3. The predicted molar refractivity (Wildman–Crippen MR) is 125 cm³/mol. The third kappa shape index (κ3) is 6.73. The summed E-state index contributed by atoms with van der Waals surface area (Å²) in [6, 6.07) is 17.7. The minimum Gasteiger partial charge on any atom is -0.484 e. The number of hydrogen-bond acceptors (Lipinski definition) is 6. The largest absolute Gasteiger partial charge is 0.484 e. The van der Waals surface area contributed by atoms with Crippen molar-refractivity contribution in [3.63, 3.8) is 0 Å². The number of hydrazone groups is 1. The molecule has 3 aromatic carbocycles. The van der Waals surface area contributed by atoms with Crippen LogP contribution in [0.2, 0.25) is 0 Å². The molecule has 0 spiro atoms. The van der Waals surface area contributed by atoms with Crippen LogP contribution >= 0.6 is 0 Å². The second-order valence-corrected chi connectivity index (χ2v) is 7.21. The van der Waals surface area contributed by atoms with E-state index in [2.05, 4.69) is 15.8 Å². The Balaban J connectivity index is 1.46. The lowest BCUT2D eigenvalue weighted by atomic mass is 10.1. The lowest BCUT2D eigenvalue weighted by Gasteiger charge is -2.09. The van der Waals surface area contributed by atoms with Crippen molar-refractivity contribution < 1.29 is 19.2 Å². The fraction of sp³-hybridized carbons (Fsp3) is 0.125. The van der Waals surface area contributed by atoms with Crippen LogP contribution in [0.3, 0.4) is 0 Å². The zero-order chi connectivity index (χ0) is 23.8. The Morgan fingerprint density at radius 3 is 2.33 bits per heavy atom. The maximum Gasteiger partial charge on any atom is 0.271 e. The molecule has 2 N–H and O–H groups in total. The summed E-state index contributed by atoms with van der Waals surface area (Å²) in [7, 11) is 0. The lowest BCUT2D eigenvalue weighted by Crippen LogP contribution is -2.20. The van der Waals surface area contributed by atoms with Crippen LogP contribution in [0.25, 0.3) is 0 Å². The Hall–Kier alpha value is -4.53. The van der Waals surface area contributed by atoms with Crippen molar-refractivity contribution in [2.45, 2.75) is 13.8 Å². The number of nitrogens with zero attached hydrogens (tertiary/aromatic N) is 2. The maximum atomic E-state index is 12.1. The average Bonchev–Trinajstić information content (AvgIpc) is 2.81. The smallest absolute Gasteiger partial charge is 0.271 e. The van der Waals surface area contributed by atoms with Gasteiger partial charge in [-0.05, 0) is 79.1 Å². The number of rotatable bonds is 8. The molecule has 0 unspecified atom stereocenters. The summed E-state index contributed by atoms with van der Waals surface area (Å²) < 4.78 is 5.50. The molecule has 9 heteroatoms. The molecule has 0 atom stereocenters. The standard InChI is InChI=1S/C24H22N4O5/c1-16-3-8-20(13-17(16)2)26-23(29)15-33-22-11-4-18(5-12-22)14-25-27-24(30)19-6-9-21(10-7-19)28(31)32/h3-14H,15H2,1-2H3,(H,26,29)(H,27,30). The van der Waals surface area contributed by atoms with Crippen LogP contribution in [-0.4, -0.2) is 29.6 Å². The van der Waals surface area contributed by atoms with Gasteiger partial charge in [-0.25, -0.2) is 5.43 Å². The van der Waals surface area contributed by atoms with Gasteiger partial charge in [0.1, 0.15) is 5.75 Å². The minimum absolute atomic E-state index is 0.0971. The van der Waals surface area contributed by atoms with Crippen molar-refractivity contribution in [1.82, 2.24) is 5.43 Å². The molecule has 3 rings (SSSR count). The third-order valence-electron chi connectivity index (χ3n) is 4.76. The van der Waals surface area contributed by atoms with Gasteiger partial charge in [-0.3, -0.25) is 19.7 Å². The summed E-state index contributed by atoms with van der Waals surface area (Å²) in [4.78, 5) is 34.2. The number of aryl methyl sites for hydroxylation is 2. The van der Waals surface area contributed by atoms with E-state index in [1.54, 1.807) is 24.3 Å². The van der Waals surface area contributed by atoms with Crippen LogP contribution < -0.4 is 15.5 Å². The molecule has 2 amide bonds. The van der Waals surface area contributed by atoms with Gasteiger partial charge >= 0.3 is 0 Å². The summed E-state index contributed by atoms with van der Waals surface area (Å²) in [5.41, 5.74) is 6.17. The van der Waals surface area contributed by atoms with Crippen LogP contribution in [-0.2, 0) is 4.79 Å². The number of hydrogen-bond donors (Lipinski definition) is 2. The average molecular weight is 446 g/mol. The van der Waals surface area contributed by atoms with Gasteiger partial charge in [0.15, 0.2) is 6.61 Å². The summed E-state index contributed by atoms with van der Waals surface area (Å²) in [6.45, 7) is 3.85. The number of carbonyl (C=O) groups excluding carboxylic acids is 2. The molecule has 168 valence electrons. The van der Waals surface area contributed by atoms with Crippen molar-refractivity contribution in [3.05, 3.63) is 99.1 Å². The quantitative estimate of drug-likeness (QED) is 0.308. The van der Waals surface area contributed by atoms with Crippen LogP contribution in [0.4, 0.5) is 11.4 Å². The first kappa shape index (κ1) is 23.1. The topological polar surface area (TPSA) is 123 Å². The molecule has 0 saturated heterocycles. The van der Waals surface area contributed by atoms with E-state index in [-0.39, 0.29) is 23.8 Å². The Morgan fingerprint density at radius 1 is 1.00 bits per heavy atom. The maximum absolute atomic E-state index is 12.1. The highest BCUT2D eigenvalue weighted by molar-refractivity contribution is 5.95. The lowest BCUT2D eigenvalue weighted by molar-refractivity contribution is -0.384. The molecule has 3 aromatic rings. The molecule has 0 heterocycles. The Bertz CT molecular complexity index is 1190. The molecular formula is C24H22N4O5. The molecule has 0 fully saturated rings. The molecule has 9 nitrogen and oxygen atoms in total. The van der Waals surface area contributed by atoms with Crippen LogP contribution in [0.1, 0.15) is 27.0 Å². The first-order valence-electron chi connectivity index (χ1n) is 9.99. The van der Waals surface area contributed by atoms with E-state index in [4.69, 9.17) is 4.74 Å². The van der Waals surface area contributed by atoms with Crippen molar-refractivity contribution in [1.29, 1.82) is 0 Å². The number of amides is 2. The number of anilines is 1. The van der Waals surface area contributed by atoms with Gasteiger partial charge in [-0.15, -0.1) is 0 Å². The van der Waals surface area contributed by atoms with Gasteiger partial charge in [0.2, 0.25) is 0 Å². The third-order valence-corrected chi connectivity index (χ3v) is 4.76. The predicted octanol–water partition coefficient (Wildman–Crippen LogP) is 3.99. The van der Waals surface area contributed by atoms with Gasteiger partial charge in [0, 0.05) is 23.4 Å². The van der Waals surface area contributed by atoms with E-state index in [0.29, 0.717) is 17.0 Å². The number of carbonyl (C=O) groups is 2. The Morgan fingerprint density at radius 2 is 1.70 bits per heavy atom. The van der Waals surface area contributed by atoms with Crippen LogP contribution in [0.5, 0.6) is 5.75 Å². The second-order valence-electron chi connectivity index (χ2n) is 7.21. The normalized spacial score (nSPS) is 10.6. The van der Waals surface area contributed by atoms with Gasteiger partial charge in [-0.1, -0.05) is 6.07 Å². The highest BCUT2D eigenvalue weighted by Crippen LogP contribution is 2.15. The Kier molecular flexibility index (Phi) is 7.48. The van der Waals surface area contributed by atoms with Gasteiger partial charge in [-0.2, -0.15) is 5.10 Å². The van der Waals surface area contributed by atoms with Gasteiger partial charge in [0.05, 0.1) is 11.1 Å². The number of non-ortho nitro benzene ring substituents is 1. The SMILES string of the molecule is Cc1ccc(NC(=O)COc2ccc(C=NNC(=O)c3ccc([N+](=O)[O-])cc3)cc2)cc1C. The fourth-order valence-electron chi connectivity index (χ4n) is 2.78. The van der Waals surface area contributed by atoms with Crippen molar-refractivity contribution >= 4 is 29.4 Å². The molecule has 0 radical (unpaired) electrons. The van der Waals surface area contributed by atoms with E-state index in [0.717, 1.165) is 11.1 Å². The Labute approximate surface area is 190 Å². The summed E-state index contributed by atoms with van der Waals surface area (Å²) in [5, 5.41) is 17.3. The van der Waals surface area contributed by atoms with Gasteiger partial charge in [0.25, 0.3) is 17.5 Å². The summed E-state index contributed by atoms with van der Waals surface area (Å²) in [5.74, 6) is -0.244. The van der Waals surface area contributed by atoms with Gasteiger partial charge < -0.3 is 10.1 Å². The minimum atomic E-state index is -0.537. The van der Waals surface area contributed by atoms with E-state index in [1.165, 1.54) is 30.5 Å². The second kappa shape index (κ2) is 10.7. The first-order chi connectivity index (χ1) is 15.8. The summed E-state index contributed by atoms with van der Waals surface area (Å²) in [6.07, 6.45) is 1.44. The monoisotopic (exact) mass is 446 g/mol. The van der Waals surface area contributed by atoms with E-state index in [1.807, 2.05) is 32.0 Å². The fourth-order valence-corrected chi connectivity index (χ4v) is 2.78. The highest BCUT2D eigenvalue weighted by atomic mass is 16.6. The zero-order valence-corrected chi connectivity index (χ0v) is 18.1. The van der Waals surface area contributed by atoms with E-state index >= 15 is 0 Å². The number of ether oxygens (including phenoxy) is 1. The number of nitro benzene ring substituents is 1. The van der Waals surface area contributed by atoms with Crippen molar-refractivity contribution in [3.8, 4) is 5.75 Å². The van der Waals surface area contributed by atoms with Crippen LogP contribution in [0, 0.1) is 24.0 Å². The molecule has 33 heavy (non-hydrogen) atoms.